The SMILES string of the molecule is Cc1c2oc3c(C)c(N)cc(C[NH+](C)CCCNC=O)c3nc-2c(C(=O)NCCC[NH+](C)C)c(N)c1=O. The molecule has 37 heavy (non-hydrogen) atoms. The van der Waals surface area contributed by atoms with Crippen LogP contribution in [0.4, 0.5) is 11.4 Å². The molecule has 0 aromatic heterocycles. The van der Waals surface area contributed by atoms with Crippen LogP contribution >= 0.6 is 0 Å². The average molecular weight is 514 g/mol. The van der Waals surface area contributed by atoms with E-state index >= 15 is 0 Å². The molecule has 1 aliphatic heterocycles. The van der Waals surface area contributed by atoms with Gasteiger partial charge in [0.1, 0.15) is 17.8 Å². The van der Waals surface area contributed by atoms with Crippen LogP contribution in [-0.2, 0) is 11.3 Å². The molecule has 0 fully saturated rings. The first-order valence-corrected chi connectivity index (χ1v) is 12.6. The highest BCUT2D eigenvalue weighted by molar-refractivity contribution is 6.06. The number of rotatable bonds is 12. The second kappa shape index (κ2) is 12.0. The molecule has 1 unspecified atom stereocenters. The fourth-order valence-corrected chi connectivity index (χ4v) is 4.41. The van der Waals surface area contributed by atoms with Crippen molar-refractivity contribution in [3.05, 3.63) is 38.5 Å². The first-order chi connectivity index (χ1) is 17.6. The van der Waals surface area contributed by atoms with E-state index in [4.69, 9.17) is 20.9 Å². The van der Waals surface area contributed by atoms with Crippen molar-refractivity contribution >= 4 is 34.8 Å². The lowest BCUT2D eigenvalue weighted by molar-refractivity contribution is -0.893. The van der Waals surface area contributed by atoms with Gasteiger partial charge in [0.05, 0.1) is 45.5 Å². The van der Waals surface area contributed by atoms with Crippen LogP contribution in [-0.4, -0.2) is 64.6 Å². The predicted octanol–water partition coefficient (Wildman–Crippen LogP) is -1.51. The maximum absolute atomic E-state index is 13.2. The number of nitrogen functional groups attached to an aromatic ring is 2. The fraction of sp³-hybridized carbons (Fsp3) is 0.462. The molecule has 0 saturated heterocycles. The number of fused-ring (bicyclic) bond motifs is 2. The summed E-state index contributed by atoms with van der Waals surface area (Å²) in [5, 5.41) is 5.55. The van der Waals surface area contributed by atoms with Gasteiger partial charge in [0, 0.05) is 48.3 Å². The number of nitrogens with one attached hydrogen (secondary N) is 4. The van der Waals surface area contributed by atoms with Crippen molar-refractivity contribution in [2.24, 2.45) is 0 Å². The van der Waals surface area contributed by atoms with E-state index in [0.717, 1.165) is 31.5 Å². The van der Waals surface area contributed by atoms with Gasteiger partial charge in [0.15, 0.2) is 11.3 Å². The Hall–Kier alpha value is -3.70. The Balaban J connectivity index is 2.10. The maximum atomic E-state index is 13.2. The molecule has 0 saturated carbocycles. The van der Waals surface area contributed by atoms with E-state index in [9.17, 15) is 14.4 Å². The number of carbonyl (C=O) groups is 2. The molecule has 3 rings (SSSR count). The summed E-state index contributed by atoms with van der Waals surface area (Å²) >= 11 is 0. The van der Waals surface area contributed by atoms with E-state index in [-0.39, 0.29) is 22.7 Å². The van der Waals surface area contributed by atoms with Crippen LogP contribution in [0.2, 0.25) is 0 Å². The third kappa shape index (κ3) is 6.17. The van der Waals surface area contributed by atoms with Gasteiger partial charge in [-0.3, -0.25) is 14.4 Å². The summed E-state index contributed by atoms with van der Waals surface area (Å²) in [4.78, 5) is 44.0. The molecule has 0 spiro atoms. The van der Waals surface area contributed by atoms with Crippen LogP contribution in [0, 0.1) is 13.8 Å². The number of carbonyl (C=O) groups excluding carboxylic acids is 2. The molecule has 1 atom stereocenters. The van der Waals surface area contributed by atoms with Gasteiger partial charge in [-0.2, -0.15) is 0 Å². The number of hydrogen-bond donors (Lipinski definition) is 6. The molecular weight excluding hydrogens is 474 g/mol. The first-order valence-electron chi connectivity index (χ1n) is 12.6. The second-order valence-corrected chi connectivity index (χ2v) is 9.94. The summed E-state index contributed by atoms with van der Waals surface area (Å²) < 4.78 is 6.27. The zero-order valence-electron chi connectivity index (χ0n) is 22.3. The van der Waals surface area contributed by atoms with E-state index in [2.05, 4.69) is 10.6 Å². The largest absolute Gasteiger partial charge is 0.452 e. The summed E-state index contributed by atoms with van der Waals surface area (Å²) in [5.74, 6) is -0.218. The van der Waals surface area contributed by atoms with Crippen LogP contribution < -0.4 is 37.3 Å². The Labute approximate surface area is 216 Å². The van der Waals surface area contributed by atoms with Gasteiger partial charge in [-0.1, -0.05) is 0 Å². The molecule has 2 aliphatic rings. The number of nitrogens with two attached hydrogens (primary N) is 2. The number of quaternary nitrogens is 2. The maximum Gasteiger partial charge on any atom is 0.255 e. The summed E-state index contributed by atoms with van der Waals surface area (Å²) in [6.45, 7) is 6.80. The van der Waals surface area contributed by atoms with Gasteiger partial charge in [-0.05, 0) is 19.9 Å². The first kappa shape index (κ1) is 27.9. The normalized spacial score (nSPS) is 12.3. The molecule has 8 N–H and O–H groups in total. The summed E-state index contributed by atoms with van der Waals surface area (Å²) in [6, 6.07) is 1.88. The fourth-order valence-electron chi connectivity index (χ4n) is 4.41. The van der Waals surface area contributed by atoms with Crippen LogP contribution in [0.3, 0.4) is 0 Å². The van der Waals surface area contributed by atoms with Gasteiger partial charge in [0.2, 0.25) is 11.8 Å². The summed E-state index contributed by atoms with van der Waals surface area (Å²) in [6.07, 6.45) is 2.28. The van der Waals surface area contributed by atoms with Crippen molar-refractivity contribution in [3.8, 4) is 11.5 Å². The minimum absolute atomic E-state index is 0.0366. The van der Waals surface area contributed by atoms with Crippen LogP contribution in [0.1, 0.15) is 39.9 Å². The minimum atomic E-state index is -0.449. The lowest BCUT2D eigenvalue weighted by Crippen LogP contribution is -3.07. The van der Waals surface area contributed by atoms with Crippen molar-refractivity contribution in [3.63, 3.8) is 0 Å². The molecule has 11 nitrogen and oxygen atoms in total. The van der Waals surface area contributed by atoms with Gasteiger partial charge >= 0.3 is 0 Å². The number of aromatic nitrogens is 1. The van der Waals surface area contributed by atoms with Crippen LogP contribution in [0.25, 0.3) is 22.6 Å². The number of hydrogen-bond acceptors (Lipinski definition) is 7. The van der Waals surface area contributed by atoms with E-state index in [1.54, 1.807) is 6.92 Å². The van der Waals surface area contributed by atoms with Gasteiger partial charge in [-0.15, -0.1) is 0 Å². The van der Waals surface area contributed by atoms with Crippen LogP contribution in [0.15, 0.2) is 15.3 Å². The van der Waals surface area contributed by atoms with Crippen LogP contribution in [0.5, 0.6) is 0 Å². The number of benzene rings is 2. The van der Waals surface area contributed by atoms with Crippen molar-refractivity contribution < 1.29 is 23.8 Å². The number of amides is 2. The minimum Gasteiger partial charge on any atom is -0.452 e. The van der Waals surface area contributed by atoms with Gasteiger partial charge in [0.25, 0.3) is 5.91 Å². The van der Waals surface area contributed by atoms with Crippen molar-refractivity contribution in [1.82, 2.24) is 15.6 Å². The van der Waals surface area contributed by atoms with Crippen molar-refractivity contribution in [2.75, 3.05) is 58.8 Å². The molecule has 0 radical (unpaired) electrons. The quantitative estimate of drug-likeness (QED) is 0.0742. The molecule has 1 aromatic carbocycles. The summed E-state index contributed by atoms with van der Waals surface area (Å²) in [7, 11) is 6.13. The van der Waals surface area contributed by atoms with Crippen molar-refractivity contribution in [1.29, 1.82) is 0 Å². The monoisotopic (exact) mass is 513 g/mol. The number of nitrogens with zero attached hydrogens (tertiary/aromatic N) is 1. The Kier molecular flexibility index (Phi) is 9.06. The summed E-state index contributed by atoms with van der Waals surface area (Å²) in [5.41, 5.74) is 15.7. The molecular formula is C26H39N7O4+2. The molecule has 1 heterocycles. The molecule has 0 bridgehead atoms. The topological polar surface area (TPSA) is 162 Å². The lowest BCUT2D eigenvalue weighted by Gasteiger charge is -2.19. The highest BCUT2D eigenvalue weighted by atomic mass is 16.3. The zero-order valence-corrected chi connectivity index (χ0v) is 22.3. The zero-order chi connectivity index (χ0) is 27.3. The molecule has 200 valence electrons. The Morgan fingerprint density at radius 1 is 1.11 bits per heavy atom. The second-order valence-electron chi connectivity index (χ2n) is 9.94. The highest BCUT2D eigenvalue weighted by Gasteiger charge is 2.29. The van der Waals surface area contributed by atoms with E-state index < -0.39 is 11.3 Å². The Morgan fingerprint density at radius 2 is 1.81 bits per heavy atom. The van der Waals surface area contributed by atoms with E-state index in [1.807, 2.05) is 34.1 Å². The Morgan fingerprint density at radius 3 is 2.49 bits per heavy atom. The number of anilines is 2. The van der Waals surface area contributed by atoms with E-state index in [1.165, 1.54) is 9.80 Å². The lowest BCUT2D eigenvalue weighted by atomic mass is 9.99. The average Bonchev–Trinajstić information content (AvgIpc) is 2.85. The molecule has 1 aromatic rings. The van der Waals surface area contributed by atoms with Gasteiger partial charge in [-0.25, -0.2) is 4.98 Å². The van der Waals surface area contributed by atoms with Gasteiger partial charge < -0.3 is 36.3 Å². The van der Waals surface area contributed by atoms with E-state index in [0.29, 0.717) is 54.0 Å². The molecule has 11 heteroatoms. The highest BCUT2D eigenvalue weighted by Crippen LogP contribution is 2.35. The van der Waals surface area contributed by atoms with Crippen molar-refractivity contribution in [2.45, 2.75) is 33.2 Å². The smallest absolute Gasteiger partial charge is 0.255 e. The third-order valence-electron chi connectivity index (χ3n) is 6.56. The standard InChI is InChI=1S/C26H37N7O4/c1-15-18(27)12-17(13-33(5)11-6-8-29-14-34)21-24(15)37-25-16(2)23(35)20(28)19(22(25)31-21)26(36)30-9-7-10-32(3)4/h12,14H,6-11,13,27-28H2,1-5H3,(H,29,34)(H,30,36)/p+2. The number of aryl methyl sites for hydroxylation is 1. The third-order valence-corrected chi connectivity index (χ3v) is 6.56. The Bertz CT molecular complexity index is 1320. The molecule has 1 aliphatic carbocycles. The predicted molar refractivity (Wildman–Crippen MR) is 144 cm³/mol. The molecule has 2 amide bonds.